The SMILES string of the molecule is O=[N+]([O-])c1ccc2nc(NC3CC=CC3)ccc2c1. The second-order valence-corrected chi connectivity index (χ2v) is 4.61. The van der Waals surface area contributed by atoms with E-state index in [1.807, 2.05) is 12.1 Å². The van der Waals surface area contributed by atoms with Crippen molar-refractivity contribution in [2.45, 2.75) is 18.9 Å². The van der Waals surface area contributed by atoms with Gasteiger partial charge in [-0.2, -0.15) is 0 Å². The lowest BCUT2D eigenvalue weighted by Gasteiger charge is -2.12. The summed E-state index contributed by atoms with van der Waals surface area (Å²) in [6, 6.07) is 8.85. The van der Waals surface area contributed by atoms with E-state index >= 15 is 0 Å². The Hall–Kier alpha value is -2.43. The maximum absolute atomic E-state index is 10.7. The highest BCUT2D eigenvalue weighted by atomic mass is 16.6. The molecule has 1 aliphatic rings. The molecule has 96 valence electrons. The molecule has 0 amide bonds. The number of nitro benzene ring substituents is 1. The average Bonchev–Trinajstić information content (AvgIpc) is 2.91. The largest absolute Gasteiger partial charge is 0.367 e. The van der Waals surface area contributed by atoms with Gasteiger partial charge in [0.1, 0.15) is 5.82 Å². The number of hydrogen-bond acceptors (Lipinski definition) is 4. The topological polar surface area (TPSA) is 68.1 Å². The third-order valence-electron chi connectivity index (χ3n) is 3.24. The summed E-state index contributed by atoms with van der Waals surface area (Å²) >= 11 is 0. The minimum absolute atomic E-state index is 0.0926. The summed E-state index contributed by atoms with van der Waals surface area (Å²) in [6.45, 7) is 0. The maximum Gasteiger partial charge on any atom is 0.270 e. The van der Waals surface area contributed by atoms with Crippen LogP contribution in [0.1, 0.15) is 12.8 Å². The van der Waals surface area contributed by atoms with Crippen molar-refractivity contribution in [3.8, 4) is 0 Å². The molecule has 3 rings (SSSR count). The minimum atomic E-state index is -0.393. The molecule has 0 fully saturated rings. The van der Waals surface area contributed by atoms with E-state index < -0.39 is 4.92 Å². The smallest absolute Gasteiger partial charge is 0.270 e. The van der Waals surface area contributed by atoms with Crippen molar-refractivity contribution in [1.29, 1.82) is 0 Å². The van der Waals surface area contributed by atoms with E-state index in [9.17, 15) is 10.1 Å². The van der Waals surface area contributed by atoms with Crippen molar-refractivity contribution in [3.63, 3.8) is 0 Å². The summed E-state index contributed by atoms with van der Waals surface area (Å²) in [6.07, 6.45) is 6.34. The number of pyridine rings is 1. The molecule has 0 saturated heterocycles. The first-order valence-electron chi connectivity index (χ1n) is 6.19. The van der Waals surface area contributed by atoms with Crippen LogP contribution in [0.3, 0.4) is 0 Å². The molecule has 5 heteroatoms. The third kappa shape index (κ3) is 2.40. The van der Waals surface area contributed by atoms with E-state index in [4.69, 9.17) is 0 Å². The Bertz CT molecular complexity index is 659. The van der Waals surface area contributed by atoms with Crippen LogP contribution in [0, 0.1) is 10.1 Å². The molecule has 0 unspecified atom stereocenters. The van der Waals surface area contributed by atoms with Crippen LogP contribution in [0.2, 0.25) is 0 Å². The molecule has 1 N–H and O–H groups in total. The number of fused-ring (bicyclic) bond motifs is 1. The first-order chi connectivity index (χ1) is 9.22. The number of non-ortho nitro benzene ring substituents is 1. The Kier molecular flexibility index (Phi) is 2.87. The van der Waals surface area contributed by atoms with Crippen LogP contribution in [0.5, 0.6) is 0 Å². The summed E-state index contributed by atoms with van der Waals surface area (Å²) in [5, 5.41) is 14.9. The molecular formula is C14H13N3O2. The monoisotopic (exact) mass is 255 g/mol. The van der Waals surface area contributed by atoms with Gasteiger partial charge in [-0.15, -0.1) is 0 Å². The number of hydrogen-bond donors (Lipinski definition) is 1. The van der Waals surface area contributed by atoms with Crippen molar-refractivity contribution in [2.24, 2.45) is 0 Å². The van der Waals surface area contributed by atoms with E-state index in [1.165, 1.54) is 6.07 Å². The second-order valence-electron chi connectivity index (χ2n) is 4.61. The van der Waals surface area contributed by atoms with E-state index in [0.29, 0.717) is 6.04 Å². The lowest BCUT2D eigenvalue weighted by molar-refractivity contribution is -0.384. The summed E-state index contributed by atoms with van der Waals surface area (Å²) in [7, 11) is 0. The van der Waals surface area contributed by atoms with Crippen LogP contribution in [0.15, 0.2) is 42.5 Å². The number of rotatable bonds is 3. The highest BCUT2D eigenvalue weighted by Gasteiger charge is 2.11. The molecule has 19 heavy (non-hydrogen) atoms. The van der Waals surface area contributed by atoms with E-state index in [-0.39, 0.29) is 5.69 Å². The second kappa shape index (κ2) is 4.68. The van der Waals surface area contributed by atoms with Gasteiger partial charge >= 0.3 is 0 Å². The number of nitro groups is 1. The molecule has 0 bridgehead atoms. The summed E-state index contributed by atoms with van der Waals surface area (Å²) in [5.74, 6) is 0.815. The number of nitrogens with zero attached hydrogens (tertiary/aromatic N) is 2. The first-order valence-corrected chi connectivity index (χ1v) is 6.19. The van der Waals surface area contributed by atoms with E-state index in [1.54, 1.807) is 12.1 Å². The van der Waals surface area contributed by atoms with Crippen molar-refractivity contribution in [2.75, 3.05) is 5.32 Å². The van der Waals surface area contributed by atoms with E-state index in [2.05, 4.69) is 22.5 Å². The van der Waals surface area contributed by atoms with Gasteiger partial charge in [0.15, 0.2) is 0 Å². The van der Waals surface area contributed by atoms with Crippen LogP contribution in [0.25, 0.3) is 10.9 Å². The zero-order valence-corrected chi connectivity index (χ0v) is 10.2. The van der Waals surface area contributed by atoms with Gasteiger partial charge in [0.05, 0.1) is 10.4 Å². The Balaban J connectivity index is 1.88. The Morgan fingerprint density at radius 1 is 1.21 bits per heavy atom. The number of nitrogens with one attached hydrogen (secondary N) is 1. The Morgan fingerprint density at radius 2 is 2.00 bits per heavy atom. The molecule has 1 aliphatic carbocycles. The lowest BCUT2D eigenvalue weighted by Crippen LogP contribution is -2.15. The average molecular weight is 255 g/mol. The molecule has 1 aromatic carbocycles. The number of aromatic nitrogens is 1. The fourth-order valence-corrected chi connectivity index (χ4v) is 2.25. The minimum Gasteiger partial charge on any atom is -0.367 e. The molecule has 2 aromatic rings. The fraction of sp³-hybridized carbons (Fsp3) is 0.214. The zero-order valence-electron chi connectivity index (χ0n) is 10.2. The van der Waals surface area contributed by atoms with Gasteiger partial charge < -0.3 is 5.32 Å². The predicted molar refractivity (Wildman–Crippen MR) is 74.2 cm³/mol. The van der Waals surface area contributed by atoms with Gasteiger partial charge in [0, 0.05) is 23.6 Å². The summed E-state index contributed by atoms with van der Waals surface area (Å²) < 4.78 is 0. The molecule has 0 aliphatic heterocycles. The lowest BCUT2D eigenvalue weighted by atomic mass is 10.2. The molecule has 0 saturated carbocycles. The maximum atomic E-state index is 10.7. The molecule has 0 spiro atoms. The predicted octanol–water partition coefficient (Wildman–Crippen LogP) is 3.27. The summed E-state index contributed by atoms with van der Waals surface area (Å²) in [4.78, 5) is 14.8. The number of anilines is 1. The van der Waals surface area contributed by atoms with Crippen LogP contribution in [-0.2, 0) is 0 Å². The molecule has 1 heterocycles. The fourth-order valence-electron chi connectivity index (χ4n) is 2.25. The van der Waals surface area contributed by atoms with Gasteiger partial charge in [-0.1, -0.05) is 12.2 Å². The molecule has 0 radical (unpaired) electrons. The van der Waals surface area contributed by atoms with Gasteiger partial charge in [-0.25, -0.2) is 4.98 Å². The highest BCUT2D eigenvalue weighted by molar-refractivity contribution is 5.82. The first kappa shape index (κ1) is 11.6. The molecular weight excluding hydrogens is 242 g/mol. The van der Waals surface area contributed by atoms with Crippen molar-refractivity contribution >= 4 is 22.4 Å². The highest BCUT2D eigenvalue weighted by Crippen LogP contribution is 2.22. The van der Waals surface area contributed by atoms with Crippen LogP contribution in [0.4, 0.5) is 11.5 Å². The Labute approximate surface area is 110 Å². The van der Waals surface area contributed by atoms with Crippen LogP contribution >= 0.6 is 0 Å². The molecule has 0 atom stereocenters. The van der Waals surface area contributed by atoms with Gasteiger partial charge in [0.2, 0.25) is 0 Å². The quantitative estimate of drug-likeness (QED) is 0.519. The third-order valence-corrected chi connectivity index (χ3v) is 3.24. The normalized spacial score (nSPS) is 14.9. The van der Waals surface area contributed by atoms with Crippen molar-refractivity contribution in [3.05, 3.63) is 52.6 Å². The molecule has 1 aromatic heterocycles. The standard InChI is InChI=1S/C14H13N3O2/c18-17(19)12-6-7-13-10(9-12)5-8-14(16-13)15-11-3-1-2-4-11/h1-2,5-9,11H,3-4H2,(H,15,16). The van der Waals surface area contributed by atoms with Crippen molar-refractivity contribution < 1.29 is 4.92 Å². The zero-order chi connectivity index (χ0) is 13.2. The van der Waals surface area contributed by atoms with Gasteiger partial charge in [-0.05, 0) is 31.0 Å². The van der Waals surface area contributed by atoms with Crippen LogP contribution in [-0.4, -0.2) is 15.9 Å². The molecule has 5 nitrogen and oxygen atoms in total. The van der Waals surface area contributed by atoms with Crippen molar-refractivity contribution in [1.82, 2.24) is 4.98 Å². The summed E-state index contributed by atoms with van der Waals surface area (Å²) in [5.41, 5.74) is 0.858. The van der Waals surface area contributed by atoms with Crippen LogP contribution < -0.4 is 5.32 Å². The van der Waals surface area contributed by atoms with Gasteiger partial charge in [0.25, 0.3) is 5.69 Å². The van der Waals surface area contributed by atoms with E-state index in [0.717, 1.165) is 29.6 Å². The number of benzene rings is 1. The van der Waals surface area contributed by atoms with Gasteiger partial charge in [-0.3, -0.25) is 10.1 Å². The Morgan fingerprint density at radius 3 is 2.74 bits per heavy atom.